The molecule has 5 rings (SSSR count). The molecule has 1 aromatic carbocycles. The molecule has 1 saturated heterocycles. The van der Waals surface area contributed by atoms with Crippen molar-refractivity contribution >= 4 is 11.9 Å². The molecule has 2 aliphatic rings. The molecule has 0 spiro atoms. The molecule has 3 N–H and O–H groups in total. The molecule has 11 heteroatoms. The second-order valence-corrected chi connectivity index (χ2v) is 9.65. The molecule has 1 aliphatic heterocycles. The number of halogens is 1. The Morgan fingerprint density at radius 1 is 1.19 bits per heavy atom. The molecule has 1 aliphatic carbocycles. The van der Waals surface area contributed by atoms with Crippen LogP contribution in [0.2, 0.25) is 0 Å². The SMILES string of the molecule is COCCCNc1nccc(-c2[nH]c(C3OCC(C)(C(=O)NC4CC4)CO3)nc2-c2ccc(F)cc2)n1. The van der Waals surface area contributed by atoms with Crippen molar-refractivity contribution in [3.05, 3.63) is 48.2 Å². The number of carbonyl (C=O) groups excluding carboxylic acids is 1. The minimum Gasteiger partial charge on any atom is -0.385 e. The Kier molecular flexibility index (Phi) is 7.45. The average Bonchev–Trinajstić information content (AvgIpc) is 3.62. The lowest BCUT2D eigenvalue weighted by molar-refractivity contribution is -0.231. The molecule has 0 unspecified atom stereocenters. The zero-order chi connectivity index (χ0) is 25.8. The van der Waals surface area contributed by atoms with Crippen LogP contribution in [0.25, 0.3) is 22.6 Å². The fraction of sp³-hybridized carbons (Fsp3) is 0.462. The number of nitrogens with zero attached hydrogens (tertiary/aromatic N) is 3. The zero-order valence-electron chi connectivity index (χ0n) is 20.9. The molecule has 2 fully saturated rings. The summed E-state index contributed by atoms with van der Waals surface area (Å²) in [7, 11) is 1.66. The number of amides is 1. The summed E-state index contributed by atoms with van der Waals surface area (Å²) in [5, 5.41) is 6.22. The van der Waals surface area contributed by atoms with Gasteiger partial charge < -0.3 is 29.8 Å². The molecule has 10 nitrogen and oxygen atoms in total. The van der Waals surface area contributed by atoms with Crippen molar-refractivity contribution in [1.82, 2.24) is 25.3 Å². The number of aromatic nitrogens is 4. The van der Waals surface area contributed by atoms with E-state index in [1.165, 1.54) is 12.1 Å². The van der Waals surface area contributed by atoms with E-state index in [1.807, 2.05) is 6.92 Å². The van der Waals surface area contributed by atoms with Crippen molar-refractivity contribution in [2.75, 3.05) is 38.8 Å². The Balaban J connectivity index is 1.39. The molecule has 0 radical (unpaired) electrons. The van der Waals surface area contributed by atoms with Gasteiger partial charge in [-0.2, -0.15) is 0 Å². The number of H-pyrrole nitrogens is 1. The normalized spacial score (nSPS) is 21.5. The Morgan fingerprint density at radius 3 is 2.65 bits per heavy atom. The van der Waals surface area contributed by atoms with E-state index in [4.69, 9.17) is 19.2 Å². The second-order valence-electron chi connectivity index (χ2n) is 9.65. The number of aromatic amines is 1. The van der Waals surface area contributed by atoms with E-state index in [9.17, 15) is 9.18 Å². The van der Waals surface area contributed by atoms with Gasteiger partial charge >= 0.3 is 0 Å². The zero-order valence-corrected chi connectivity index (χ0v) is 20.9. The van der Waals surface area contributed by atoms with Crippen LogP contribution in [0.1, 0.15) is 38.3 Å². The molecule has 3 aromatic rings. The highest BCUT2D eigenvalue weighted by atomic mass is 19.1. The van der Waals surface area contributed by atoms with Crippen LogP contribution in [0.15, 0.2) is 36.5 Å². The molecule has 1 saturated carbocycles. The first kappa shape index (κ1) is 25.2. The highest BCUT2D eigenvalue weighted by Gasteiger charge is 2.42. The van der Waals surface area contributed by atoms with Crippen LogP contribution in [-0.4, -0.2) is 65.4 Å². The Hall–Kier alpha value is -3.41. The van der Waals surface area contributed by atoms with Gasteiger partial charge in [0.05, 0.1) is 35.7 Å². The van der Waals surface area contributed by atoms with Crippen molar-refractivity contribution in [1.29, 1.82) is 0 Å². The van der Waals surface area contributed by atoms with E-state index in [0.717, 1.165) is 19.3 Å². The van der Waals surface area contributed by atoms with Gasteiger partial charge in [0.1, 0.15) is 5.82 Å². The van der Waals surface area contributed by atoms with Crippen LogP contribution in [0.3, 0.4) is 0 Å². The van der Waals surface area contributed by atoms with Gasteiger partial charge in [0.2, 0.25) is 18.1 Å². The summed E-state index contributed by atoms with van der Waals surface area (Å²) >= 11 is 0. The van der Waals surface area contributed by atoms with Crippen molar-refractivity contribution in [3.63, 3.8) is 0 Å². The summed E-state index contributed by atoms with van der Waals surface area (Å²) in [4.78, 5) is 29.6. The third-order valence-electron chi connectivity index (χ3n) is 6.35. The first-order chi connectivity index (χ1) is 17.9. The highest BCUT2D eigenvalue weighted by molar-refractivity contribution is 5.83. The number of ether oxygens (including phenoxy) is 3. The van der Waals surface area contributed by atoms with Gasteiger partial charge in [0.15, 0.2) is 5.82 Å². The van der Waals surface area contributed by atoms with E-state index in [2.05, 4.69) is 25.6 Å². The first-order valence-electron chi connectivity index (χ1n) is 12.4. The maximum atomic E-state index is 13.6. The average molecular weight is 511 g/mol. The predicted molar refractivity (Wildman–Crippen MR) is 134 cm³/mol. The molecular formula is C26H31FN6O4. The van der Waals surface area contributed by atoms with Crippen LogP contribution in [0.5, 0.6) is 0 Å². The van der Waals surface area contributed by atoms with Gasteiger partial charge in [-0.1, -0.05) is 0 Å². The van der Waals surface area contributed by atoms with Gasteiger partial charge in [-0.25, -0.2) is 19.3 Å². The minimum atomic E-state index is -0.789. The molecule has 196 valence electrons. The Bertz CT molecular complexity index is 1220. The Morgan fingerprint density at radius 2 is 1.95 bits per heavy atom. The fourth-order valence-corrected chi connectivity index (χ4v) is 3.99. The maximum Gasteiger partial charge on any atom is 0.230 e. The van der Waals surface area contributed by atoms with Crippen LogP contribution in [0.4, 0.5) is 10.3 Å². The van der Waals surface area contributed by atoms with Gasteiger partial charge in [-0.3, -0.25) is 4.79 Å². The lowest BCUT2D eigenvalue weighted by Gasteiger charge is -2.35. The molecule has 2 aromatic heterocycles. The minimum absolute atomic E-state index is 0.0629. The van der Waals surface area contributed by atoms with Crippen molar-refractivity contribution < 1.29 is 23.4 Å². The van der Waals surface area contributed by atoms with Crippen molar-refractivity contribution in [3.8, 4) is 22.6 Å². The Labute approximate surface area is 214 Å². The largest absolute Gasteiger partial charge is 0.385 e. The summed E-state index contributed by atoms with van der Waals surface area (Å²) in [5.74, 6) is 0.505. The van der Waals surface area contributed by atoms with Crippen molar-refractivity contribution in [2.45, 2.75) is 38.5 Å². The van der Waals surface area contributed by atoms with Crippen LogP contribution < -0.4 is 10.6 Å². The fourth-order valence-electron chi connectivity index (χ4n) is 3.99. The molecule has 37 heavy (non-hydrogen) atoms. The lowest BCUT2D eigenvalue weighted by Crippen LogP contribution is -2.49. The number of carbonyl (C=O) groups is 1. The standard InChI is InChI=1S/C26H31FN6O4/c1-26(24(34)30-18-8-9-18)14-36-23(37-15-26)22-32-20(16-4-6-17(27)7-5-16)21(33-22)19-10-12-29-25(31-19)28-11-3-13-35-2/h4-7,10,12,18,23H,3,8-9,11,13-15H2,1-2H3,(H,30,34)(H,32,33)(H,28,29,31). The van der Waals surface area contributed by atoms with E-state index in [-0.39, 0.29) is 31.0 Å². The summed E-state index contributed by atoms with van der Waals surface area (Å²) in [5.41, 5.74) is 1.73. The van der Waals surface area contributed by atoms with Crippen LogP contribution in [0, 0.1) is 11.2 Å². The summed E-state index contributed by atoms with van der Waals surface area (Å²) in [6.07, 6.45) is 3.71. The molecule has 0 bridgehead atoms. The third kappa shape index (κ3) is 5.95. The maximum absolute atomic E-state index is 13.6. The van der Waals surface area contributed by atoms with E-state index in [0.29, 0.717) is 47.6 Å². The lowest BCUT2D eigenvalue weighted by atomic mass is 9.91. The van der Waals surface area contributed by atoms with Gasteiger partial charge in [0, 0.05) is 38.1 Å². The van der Waals surface area contributed by atoms with Crippen LogP contribution in [-0.2, 0) is 19.0 Å². The van der Waals surface area contributed by atoms with Gasteiger partial charge in [-0.05, 0) is 56.5 Å². The van der Waals surface area contributed by atoms with E-state index in [1.54, 1.807) is 31.5 Å². The second kappa shape index (κ2) is 10.9. The number of methoxy groups -OCH3 is 1. The smallest absolute Gasteiger partial charge is 0.230 e. The number of imidazole rings is 1. The number of hydrogen-bond acceptors (Lipinski definition) is 8. The predicted octanol–water partition coefficient (Wildman–Crippen LogP) is 3.45. The number of benzene rings is 1. The van der Waals surface area contributed by atoms with Crippen molar-refractivity contribution in [2.24, 2.45) is 5.41 Å². The summed E-state index contributed by atoms with van der Waals surface area (Å²) in [6.45, 7) is 3.52. The summed E-state index contributed by atoms with van der Waals surface area (Å²) < 4.78 is 30.7. The molecular weight excluding hydrogens is 479 g/mol. The monoisotopic (exact) mass is 510 g/mol. The van der Waals surface area contributed by atoms with Gasteiger partial charge in [-0.15, -0.1) is 0 Å². The molecule has 3 heterocycles. The topological polar surface area (TPSA) is 123 Å². The number of hydrogen-bond donors (Lipinski definition) is 3. The number of rotatable bonds is 10. The molecule has 0 atom stereocenters. The van der Waals surface area contributed by atoms with E-state index >= 15 is 0 Å². The van der Waals surface area contributed by atoms with Gasteiger partial charge in [0.25, 0.3) is 0 Å². The first-order valence-corrected chi connectivity index (χ1v) is 12.4. The third-order valence-corrected chi connectivity index (χ3v) is 6.35. The summed E-state index contributed by atoms with van der Waals surface area (Å²) in [6, 6.07) is 8.12. The number of nitrogens with one attached hydrogen (secondary N) is 3. The number of anilines is 1. The molecule has 1 amide bonds. The highest BCUT2D eigenvalue weighted by Crippen LogP contribution is 2.36. The quantitative estimate of drug-likeness (QED) is 0.355. The van der Waals surface area contributed by atoms with Crippen LogP contribution >= 0.6 is 0 Å². The van der Waals surface area contributed by atoms with E-state index < -0.39 is 11.7 Å².